The van der Waals surface area contributed by atoms with E-state index in [-0.39, 0.29) is 11.6 Å². The zero-order chi connectivity index (χ0) is 22.0. The number of aliphatic hydroxyl groups excluding tert-OH is 2. The number of benzene rings is 2. The van der Waals surface area contributed by atoms with Crippen molar-refractivity contribution in [2.75, 3.05) is 13.2 Å². The van der Waals surface area contributed by atoms with Gasteiger partial charge in [0.1, 0.15) is 0 Å². The van der Waals surface area contributed by atoms with Gasteiger partial charge in [0.2, 0.25) is 0 Å². The van der Waals surface area contributed by atoms with Gasteiger partial charge in [-0.15, -0.1) is 5.73 Å². The maximum atomic E-state index is 10.3. The molecule has 2 aromatic rings. The fraction of sp³-hybridized carbons (Fsp3) is 0.423. The Labute approximate surface area is 182 Å². The maximum Gasteiger partial charge on any atom is 0.261 e. The molecular formula is C26H36O3Si. The molecule has 0 aliphatic rings. The summed E-state index contributed by atoms with van der Waals surface area (Å²) in [6, 6.07) is 21.3. The van der Waals surface area contributed by atoms with Crippen LogP contribution in [0, 0.1) is 0 Å². The van der Waals surface area contributed by atoms with Crippen LogP contribution in [0.25, 0.3) is 0 Å². The van der Waals surface area contributed by atoms with Gasteiger partial charge in [-0.05, 0) is 53.2 Å². The number of aliphatic hydroxyl groups is 2. The van der Waals surface area contributed by atoms with Gasteiger partial charge in [-0.2, -0.15) is 0 Å². The van der Waals surface area contributed by atoms with E-state index in [0.29, 0.717) is 13.0 Å². The number of hydrogen-bond acceptors (Lipinski definition) is 3. The highest BCUT2D eigenvalue weighted by atomic mass is 28.4. The molecular weight excluding hydrogens is 388 g/mol. The van der Waals surface area contributed by atoms with Crippen molar-refractivity contribution >= 4 is 18.7 Å². The summed E-state index contributed by atoms with van der Waals surface area (Å²) in [5.74, 6) is 0. The number of unbranched alkanes of at least 4 members (excludes halogenated alkanes) is 1. The minimum Gasteiger partial charge on any atom is -0.407 e. The molecule has 0 spiro atoms. The van der Waals surface area contributed by atoms with Crippen LogP contribution in [-0.2, 0) is 4.43 Å². The first-order chi connectivity index (χ1) is 14.3. The zero-order valence-electron chi connectivity index (χ0n) is 18.8. The summed E-state index contributed by atoms with van der Waals surface area (Å²) >= 11 is 0. The maximum absolute atomic E-state index is 10.3. The van der Waals surface area contributed by atoms with Crippen molar-refractivity contribution in [2.45, 2.75) is 58.1 Å². The molecule has 0 saturated carbocycles. The predicted octanol–water partition coefficient (Wildman–Crippen LogP) is 4.19. The van der Waals surface area contributed by atoms with Gasteiger partial charge < -0.3 is 14.6 Å². The van der Waals surface area contributed by atoms with E-state index in [2.05, 4.69) is 87.2 Å². The van der Waals surface area contributed by atoms with E-state index in [1.807, 2.05) is 6.92 Å². The van der Waals surface area contributed by atoms with Gasteiger partial charge in [0.15, 0.2) is 0 Å². The topological polar surface area (TPSA) is 49.7 Å². The van der Waals surface area contributed by atoms with Crippen molar-refractivity contribution in [3.05, 3.63) is 78.0 Å². The highest BCUT2D eigenvalue weighted by molar-refractivity contribution is 6.99. The minimum absolute atomic E-state index is 0.0242. The van der Waals surface area contributed by atoms with Crippen molar-refractivity contribution in [3.63, 3.8) is 0 Å². The number of hydrogen-bond donors (Lipinski definition) is 2. The Morgan fingerprint density at radius 1 is 1.00 bits per heavy atom. The SMILES string of the molecule is CC(=C=CCO)C(O)CCCCO[Si](c1ccccc1)(c1ccccc1)C(C)(C)C. The molecule has 0 bridgehead atoms. The van der Waals surface area contributed by atoms with Crippen LogP contribution >= 0.6 is 0 Å². The lowest BCUT2D eigenvalue weighted by molar-refractivity contribution is 0.191. The Kier molecular flexibility index (Phi) is 9.28. The third kappa shape index (κ3) is 6.04. The zero-order valence-corrected chi connectivity index (χ0v) is 19.8. The molecule has 162 valence electrons. The van der Waals surface area contributed by atoms with Crippen LogP contribution in [-0.4, -0.2) is 37.8 Å². The van der Waals surface area contributed by atoms with Gasteiger partial charge >= 0.3 is 0 Å². The number of rotatable bonds is 10. The van der Waals surface area contributed by atoms with E-state index >= 15 is 0 Å². The molecule has 0 aliphatic heterocycles. The van der Waals surface area contributed by atoms with Crippen LogP contribution < -0.4 is 10.4 Å². The first-order valence-corrected chi connectivity index (χ1v) is 12.7. The molecule has 1 unspecified atom stereocenters. The Morgan fingerprint density at radius 2 is 1.53 bits per heavy atom. The molecule has 0 aromatic heterocycles. The fourth-order valence-electron chi connectivity index (χ4n) is 3.95. The van der Waals surface area contributed by atoms with E-state index in [4.69, 9.17) is 9.53 Å². The minimum atomic E-state index is -2.48. The average Bonchev–Trinajstić information content (AvgIpc) is 2.74. The highest BCUT2D eigenvalue weighted by Crippen LogP contribution is 2.36. The lowest BCUT2D eigenvalue weighted by Gasteiger charge is -2.43. The van der Waals surface area contributed by atoms with Crippen LogP contribution in [0.15, 0.2) is 78.0 Å². The van der Waals surface area contributed by atoms with Crippen LogP contribution in [0.5, 0.6) is 0 Å². The van der Waals surface area contributed by atoms with E-state index < -0.39 is 14.4 Å². The van der Waals surface area contributed by atoms with Crippen molar-refractivity contribution in [1.82, 2.24) is 0 Å². The summed E-state index contributed by atoms with van der Waals surface area (Å²) in [7, 11) is -2.48. The smallest absolute Gasteiger partial charge is 0.261 e. The molecule has 0 aliphatic carbocycles. The largest absolute Gasteiger partial charge is 0.407 e. The third-order valence-corrected chi connectivity index (χ3v) is 10.6. The van der Waals surface area contributed by atoms with Gasteiger partial charge in [-0.25, -0.2) is 0 Å². The second kappa shape index (κ2) is 11.4. The molecule has 2 N–H and O–H groups in total. The van der Waals surface area contributed by atoms with Crippen LogP contribution in [0.4, 0.5) is 0 Å². The monoisotopic (exact) mass is 424 g/mol. The van der Waals surface area contributed by atoms with Crippen molar-refractivity contribution in [3.8, 4) is 0 Å². The summed E-state index contributed by atoms with van der Waals surface area (Å²) < 4.78 is 6.87. The predicted molar refractivity (Wildman–Crippen MR) is 128 cm³/mol. The molecule has 0 heterocycles. The van der Waals surface area contributed by atoms with Crippen LogP contribution in [0.1, 0.15) is 47.0 Å². The van der Waals surface area contributed by atoms with E-state index in [9.17, 15) is 5.11 Å². The van der Waals surface area contributed by atoms with Gasteiger partial charge in [-0.1, -0.05) is 81.4 Å². The van der Waals surface area contributed by atoms with Crippen molar-refractivity contribution in [2.24, 2.45) is 0 Å². The van der Waals surface area contributed by atoms with Crippen molar-refractivity contribution in [1.29, 1.82) is 0 Å². The van der Waals surface area contributed by atoms with Crippen molar-refractivity contribution < 1.29 is 14.6 Å². The summed E-state index contributed by atoms with van der Waals surface area (Å²) in [5.41, 5.74) is 3.69. The first kappa shape index (κ1) is 24.3. The molecule has 2 rings (SSSR count). The molecule has 30 heavy (non-hydrogen) atoms. The standard InChI is InChI=1S/C26H36O3Si/c1-22(14-13-20-27)25(28)19-11-12-21-29-30(26(2,3)4,23-15-7-5-8-16-23)24-17-9-6-10-18-24/h5-10,13,15-18,25,27-28H,11-12,19-21H2,1-4H3. The van der Waals surface area contributed by atoms with Gasteiger partial charge in [0.05, 0.1) is 12.7 Å². The fourth-order valence-corrected chi connectivity index (χ4v) is 8.55. The van der Waals surface area contributed by atoms with E-state index in [1.165, 1.54) is 16.4 Å². The Morgan fingerprint density at radius 3 is 2.00 bits per heavy atom. The van der Waals surface area contributed by atoms with E-state index in [0.717, 1.165) is 18.4 Å². The lowest BCUT2D eigenvalue weighted by atomic mass is 10.1. The van der Waals surface area contributed by atoms with Crippen LogP contribution in [0.3, 0.4) is 0 Å². The molecule has 0 amide bonds. The average molecular weight is 425 g/mol. The Balaban J connectivity index is 2.17. The summed E-state index contributed by atoms with van der Waals surface area (Å²) in [6.45, 7) is 9.29. The molecule has 1 atom stereocenters. The van der Waals surface area contributed by atoms with Gasteiger partial charge in [0, 0.05) is 6.61 Å². The second-order valence-corrected chi connectivity index (χ2v) is 13.0. The summed E-state index contributed by atoms with van der Waals surface area (Å²) in [4.78, 5) is 0. The van der Waals surface area contributed by atoms with E-state index in [1.54, 1.807) is 0 Å². The lowest BCUT2D eigenvalue weighted by Crippen LogP contribution is -2.66. The third-order valence-electron chi connectivity index (χ3n) is 5.53. The molecule has 2 aromatic carbocycles. The highest BCUT2D eigenvalue weighted by Gasteiger charge is 2.49. The van der Waals surface area contributed by atoms with Crippen LogP contribution in [0.2, 0.25) is 5.04 Å². The Bertz CT molecular complexity index is 779. The second-order valence-electron chi connectivity index (χ2n) is 8.74. The normalized spacial score (nSPS) is 12.9. The van der Waals surface area contributed by atoms with Gasteiger partial charge in [0.25, 0.3) is 8.32 Å². The molecule has 3 nitrogen and oxygen atoms in total. The molecule has 4 heteroatoms. The summed E-state index contributed by atoms with van der Waals surface area (Å²) in [6.07, 6.45) is 3.43. The molecule has 0 saturated heterocycles. The summed E-state index contributed by atoms with van der Waals surface area (Å²) in [5, 5.41) is 21.7. The van der Waals surface area contributed by atoms with Gasteiger partial charge in [-0.3, -0.25) is 0 Å². The molecule has 0 fully saturated rings. The molecule has 0 radical (unpaired) electrons. The first-order valence-electron chi connectivity index (χ1n) is 10.8. The quantitative estimate of drug-likeness (QED) is 0.342. The Hall–Kier alpha value is -1.94.